The van der Waals surface area contributed by atoms with Crippen molar-refractivity contribution in [3.05, 3.63) is 34.3 Å². The molecule has 3 N–H and O–H groups in total. The molecule has 2 fully saturated rings. The Morgan fingerprint density at radius 1 is 1.43 bits per heavy atom. The number of hydrogen-bond acceptors (Lipinski definition) is 4. The summed E-state index contributed by atoms with van der Waals surface area (Å²) in [6.07, 6.45) is 2.93. The van der Waals surface area contributed by atoms with Crippen molar-refractivity contribution in [3.8, 4) is 0 Å². The quantitative estimate of drug-likeness (QED) is 0.666. The number of aryl methyl sites for hydroxylation is 1. The van der Waals surface area contributed by atoms with Crippen molar-refractivity contribution in [2.75, 3.05) is 19.8 Å². The molecule has 3 atom stereocenters. The Morgan fingerprint density at radius 3 is 2.95 bits per heavy atom. The van der Waals surface area contributed by atoms with Gasteiger partial charge in [0, 0.05) is 24.7 Å². The number of hydrogen-bond donors (Lipinski definition) is 2. The third-order valence-corrected chi connectivity index (χ3v) is 5.07. The Bertz CT molecular complexity index is 503. The van der Waals surface area contributed by atoms with Crippen LogP contribution in [-0.2, 0) is 9.47 Å². The van der Waals surface area contributed by atoms with Crippen molar-refractivity contribution in [2.24, 2.45) is 11.8 Å². The van der Waals surface area contributed by atoms with E-state index < -0.39 is 0 Å². The van der Waals surface area contributed by atoms with Crippen LogP contribution in [0.1, 0.15) is 36.4 Å². The fraction of sp³-hybridized carbons (Fsp3) is 0.625. The number of nitrogens with two attached hydrogens (primary N) is 1. The van der Waals surface area contributed by atoms with Crippen LogP contribution in [0, 0.1) is 12.8 Å². The Labute approximate surface area is 130 Å². The van der Waals surface area contributed by atoms with Crippen LogP contribution >= 0.6 is 11.6 Å². The zero-order valence-corrected chi connectivity index (χ0v) is 13.2. The molecule has 2 aliphatic heterocycles. The van der Waals surface area contributed by atoms with E-state index in [1.807, 2.05) is 13.0 Å². The third kappa shape index (κ3) is 3.10. The molecule has 0 aliphatic carbocycles. The van der Waals surface area contributed by atoms with E-state index in [0.717, 1.165) is 48.6 Å². The number of hydrazine groups is 1. The molecule has 21 heavy (non-hydrogen) atoms. The summed E-state index contributed by atoms with van der Waals surface area (Å²) in [5.74, 6) is 6.26. The molecule has 0 radical (unpaired) electrons. The molecule has 1 aromatic rings. The second-order valence-corrected chi connectivity index (χ2v) is 6.66. The van der Waals surface area contributed by atoms with Gasteiger partial charge in [0.15, 0.2) is 0 Å². The largest absolute Gasteiger partial charge is 0.378 e. The summed E-state index contributed by atoms with van der Waals surface area (Å²) in [5.41, 5.74) is 5.09. The molecule has 1 spiro atoms. The van der Waals surface area contributed by atoms with Gasteiger partial charge in [-0.1, -0.05) is 23.7 Å². The molecule has 2 aliphatic rings. The van der Waals surface area contributed by atoms with Gasteiger partial charge in [-0.2, -0.15) is 0 Å². The van der Waals surface area contributed by atoms with E-state index in [1.54, 1.807) is 0 Å². The monoisotopic (exact) mass is 310 g/mol. The minimum absolute atomic E-state index is 0.0551. The molecule has 0 saturated carbocycles. The summed E-state index contributed by atoms with van der Waals surface area (Å²) in [6.45, 7) is 4.29. The molecule has 116 valence electrons. The van der Waals surface area contributed by atoms with E-state index in [2.05, 4.69) is 17.6 Å². The van der Waals surface area contributed by atoms with Crippen molar-refractivity contribution in [2.45, 2.75) is 37.8 Å². The minimum atomic E-state index is -0.116. The second kappa shape index (κ2) is 6.23. The molecule has 0 aromatic heterocycles. The highest BCUT2D eigenvalue weighted by atomic mass is 35.5. The molecule has 3 unspecified atom stereocenters. The van der Waals surface area contributed by atoms with Crippen molar-refractivity contribution >= 4 is 11.6 Å². The van der Waals surface area contributed by atoms with Crippen molar-refractivity contribution in [1.29, 1.82) is 0 Å². The summed E-state index contributed by atoms with van der Waals surface area (Å²) in [4.78, 5) is 0. The van der Waals surface area contributed by atoms with Crippen LogP contribution in [0.15, 0.2) is 18.2 Å². The Balaban J connectivity index is 1.82. The van der Waals surface area contributed by atoms with E-state index >= 15 is 0 Å². The highest BCUT2D eigenvalue weighted by Gasteiger charge is 2.43. The van der Waals surface area contributed by atoms with Crippen LogP contribution in [0.5, 0.6) is 0 Å². The Kier molecular flexibility index (Phi) is 4.52. The first-order valence-corrected chi connectivity index (χ1v) is 7.95. The molecule has 0 bridgehead atoms. The van der Waals surface area contributed by atoms with E-state index in [9.17, 15) is 0 Å². The van der Waals surface area contributed by atoms with Crippen molar-refractivity contribution in [3.63, 3.8) is 0 Å². The van der Waals surface area contributed by atoms with Crippen LogP contribution in [0.3, 0.4) is 0 Å². The summed E-state index contributed by atoms with van der Waals surface area (Å²) >= 11 is 6.42. The van der Waals surface area contributed by atoms with E-state index in [0.29, 0.717) is 12.5 Å². The summed E-state index contributed by atoms with van der Waals surface area (Å²) in [7, 11) is 0. The molecular weight excluding hydrogens is 288 g/mol. The lowest BCUT2D eigenvalue weighted by Gasteiger charge is -2.40. The van der Waals surface area contributed by atoms with Gasteiger partial charge in [0.25, 0.3) is 0 Å². The maximum Gasteiger partial charge on any atom is 0.0940 e. The van der Waals surface area contributed by atoms with Gasteiger partial charge in [0.05, 0.1) is 18.2 Å². The molecule has 2 saturated heterocycles. The van der Waals surface area contributed by atoms with E-state index in [1.165, 1.54) is 0 Å². The molecule has 1 aromatic carbocycles. The molecule has 2 heterocycles. The van der Waals surface area contributed by atoms with Gasteiger partial charge >= 0.3 is 0 Å². The molecule has 3 rings (SSSR count). The van der Waals surface area contributed by atoms with Gasteiger partial charge in [-0.3, -0.25) is 11.3 Å². The number of ether oxygens (including phenoxy) is 2. The maximum absolute atomic E-state index is 6.42. The van der Waals surface area contributed by atoms with Crippen LogP contribution in [0.4, 0.5) is 0 Å². The van der Waals surface area contributed by atoms with Crippen LogP contribution < -0.4 is 11.3 Å². The van der Waals surface area contributed by atoms with Gasteiger partial charge in [-0.25, -0.2) is 0 Å². The topological polar surface area (TPSA) is 56.5 Å². The lowest BCUT2D eigenvalue weighted by molar-refractivity contribution is -0.103. The first-order chi connectivity index (χ1) is 10.1. The zero-order chi connectivity index (χ0) is 14.9. The SMILES string of the molecule is Cc1ccc(C(NN)C2CCOC3(CCOC3)C2)c(Cl)c1. The number of benzene rings is 1. The van der Waals surface area contributed by atoms with Gasteiger partial charge in [-0.15, -0.1) is 0 Å². The second-order valence-electron chi connectivity index (χ2n) is 6.26. The van der Waals surface area contributed by atoms with E-state index in [-0.39, 0.29) is 11.6 Å². The molecule has 5 heteroatoms. The highest BCUT2D eigenvalue weighted by molar-refractivity contribution is 6.31. The fourth-order valence-electron chi connectivity index (χ4n) is 3.58. The lowest BCUT2D eigenvalue weighted by Crippen LogP contribution is -2.45. The first kappa shape index (κ1) is 15.3. The number of nitrogens with one attached hydrogen (secondary N) is 1. The van der Waals surface area contributed by atoms with Crippen molar-refractivity contribution < 1.29 is 9.47 Å². The zero-order valence-electron chi connectivity index (χ0n) is 12.4. The Hall–Kier alpha value is -0.650. The fourth-order valence-corrected chi connectivity index (χ4v) is 3.93. The summed E-state index contributed by atoms with van der Waals surface area (Å²) in [6, 6.07) is 6.21. The molecule has 0 amide bonds. The third-order valence-electron chi connectivity index (χ3n) is 4.74. The lowest BCUT2D eigenvalue weighted by atomic mass is 9.79. The number of halogens is 1. The van der Waals surface area contributed by atoms with Crippen LogP contribution in [-0.4, -0.2) is 25.4 Å². The summed E-state index contributed by atoms with van der Waals surface area (Å²) in [5, 5.41) is 0.779. The normalized spacial score (nSPS) is 30.7. The van der Waals surface area contributed by atoms with Gasteiger partial charge in [0.1, 0.15) is 0 Å². The average Bonchev–Trinajstić information content (AvgIpc) is 2.90. The minimum Gasteiger partial charge on any atom is -0.378 e. The van der Waals surface area contributed by atoms with Gasteiger partial charge in [0.2, 0.25) is 0 Å². The smallest absolute Gasteiger partial charge is 0.0940 e. The average molecular weight is 311 g/mol. The molecule has 4 nitrogen and oxygen atoms in total. The maximum atomic E-state index is 6.42. The van der Waals surface area contributed by atoms with Crippen molar-refractivity contribution in [1.82, 2.24) is 5.43 Å². The van der Waals surface area contributed by atoms with Gasteiger partial charge < -0.3 is 9.47 Å². The first-order valence-electron chi connectivity index (χ1n) is 7.57. The predicted octanol–water partition coefficient (Wildman–Crippen LogP) is 2.74. The highest BCUT2D eigenvalue weighted by Crippen LogP contribution is 2.42. The van der Waals surface area contributed by atoms with Crippen LogP contribution in [0.2, 0.25) is 5.02 Å². The van der Waals surface area contributed by atoms with Crippen LogP contribution in [0.25, 0.3) is 0 Å². The predicted molar refractivity (Wildman–Crippen MR) is 83.1 cm³/mol. The van der Waals surface area contributed by atoms with Gasteiger partial charge in [-0.05, 0) is 42.9 Å². The standard InChI is InChI=1S/C16H23ClN2O2/c1-11-2-3-13(14(17)8-11)15(19-18)12-4-6-21-16(9-12)5-7-20-10-16/h2-3,8,12,15,19H,4-7,9-10,18H2,1H3. The molecular formula is C16H23ClN2O2. The Morgan fingerprint density at radius 2 is 2.29 bits per heavy atom. The summed E-state index contributed by atoms with van der Waals surface area (Å²) < 4.78 is 11.6. The van der Waals surface area contributed by atoms with E-state index in [4.69, 9.17) is 26.9 Å². The number of rotatable bonds is 3.